The molecule has 7 nitrogen and oxygen atoms in total. The third-order valence-corrected chi connectivity index (χ3v) is 5.60. The Balaban J connectivity index is 1.50. The van der Waals surface area contributed by atoms with Gasteiger partial charge >= 0.3 is 6.09 Å². The number of imidazole rings is 1. The van der Waals surface area contributed by atoms with E-state index in [9.17, 15) is 9.59 Å². The van der Waals surface area contributed by atoms with Crippen LogP contribution >= 0.6 is 11.6 Å². The highest BCUT2D eigenvalue weighted by molar-refractivity contribution is 6.30. The maximum absolute atomic E-state index is 13.2. The number of amides is 2. The van der Waals surface area contributed by atoms with Crippen molar-refractivity contribution >= 4 is 29.2 Å². The molecule has 2 aromatic heterocycles. The zero-order valence-corrected chi connectivity index (χ0v) is 19.3. The summed E-state index contributed by atoms with van der Waals surface area (Å²) in [7, 11) is 0. The number of fused-ring (bicyclic) bond motifs is 1. The standard InChI is InChI=1S/C24H27ClN4O3/c1-24(2,3)32-23(31)28-14-12-27(13-15-28)21(30)16-19-22(17-7-9-18(25)10-8-17)26-20-6-4-5-11-29(19)20/h4-11H,12-16H2,1-3H3. The molecular weight excluding hydrogens is 428 g/mol. The van der Waals surface area contributed by atoms with E-state index in [0.717, 1.165) is 22.6 Å². The molecule has 1 fully saturated rings. The molecule has 0 N–H and O–H groups in total. The molecular formula is C24H27ClN4O3. The van der Waals surface area contributed by atoms with E-state index in [1.54, 1.807) is 9.80 Å². The number of hydrogen-bond donors (Lipinski definition) is 0. The van der Waals surface area contributed by atoms with Gasteiger partial charge in [-0.25, -0.2) is 9.78 Å². The van der Waals surface area contributed by atoms with E-state index in [-0.39, 0.29) is 18.4 Å². The van der Waals surface area contributed by atoms with Crippen molar-refractivity contribution in [3.05, 3.63) is 59.4 Å². The highest BCUT2D eigenvalue weighted by atomic mass is 35.5. The number of nitrogens with zero attached hydrogens (tertiary/aromatic N) is 4. The molecule has 0 unspecified atom stereocenters. The molecule has 32 heavy (non-hydrogen) atoms. The number of halogens is 1. The summed E-state index contributed by atoms with van der Waals surface area (Å²) in [5.41, 5.74) is 2.77. The monoisotopic (exact) mass is 454 g/mol. The van der Waals surface area contributed by atoms with Crippen LogP contribution in [-0.2, 0) is 16.0 Å². The predicted octanol–water partition coefficient (Wildman–Crippen LogP) is 4.28. The second-order valence-corrected chi connectivity index (χ2v) is 9.30. The van der Waals surface area contributed by atoms with Crippen LogP contribution in [0.4, 0.5) is 4.79 Å². The fraction of sp³-hybridized carbons (Fsp3) is 0.375. The lowest BCUT2D eigenvalue weighted by Gasteiger charge is -2.35. The lowest BCUT2D eigenvalue weighted by Crippen LogP contribution is -2.52. The Morgan fingerprint density at radius 3 is 2.31 bits per heavy atom. The van der Waals surface area contributed by atoms with Crippen LogP contribution in [0.5, 0.6) is 0 Å². The van der Waals surface area contributed by atoms with Gasteiger partial charge in [-0.2, -0.15) is 0 Å². The summed E-state index contributed by atoms with van der Waals surface area (Å²) in [5.74, 6) is 0.00899. The normalized spacial score (nSPS) is 14.6. The summed E-state index contributed by atoms with van der Waals surface area (Å²) in [4.78, 5) is 33.7. The average molecular weight is 455 g/mol. The lowest BCUT2D eigenvalue weighted by molar-refractivity contribution is -0.132. The van der Waals surface area contributed by atoms with Crippen molar-refractivity contribution in [3.8, 4) is 11.3 Å². The molecule has 0 aliphatic carbocycles. The fourth-order valence-corrected chi connectivity index (χ4v) is 3.90. The number of carbonyl (C=O) groups excluding carboxylic acids is 2. The largest absolute Gasteiger partial charge is 0.444 e. The average Bonchev–Trinajstić information content (AvgIpc) is 3.11. The highest BCUT2D eigenvalue weighted by Gasteiger charge is 2.28. The molecule has 1 aliphatic heterocycles. The predicted molar refractivity (Wildman–Crippen MR) is 124 cm³/mol. The Labute approximate surface area is 192 Å². The van der Waals surface area contributed by atoms with E-state index < -0.39 is 5.60 Å². The molecule has 2 amide bonds. The van der Waals surface area contributed by atoms with Crippen LogP contribution in [0.15, 0.2) is 48.7 Å². The lowest BCUT2D eigenvalue weighted by atomic mass is 10.1. The second kappa shape index (κ2) is 8.82. The topological polar surface area (TPSA) is 67.2 Å². The molecule has 3 aromatic rings. The number of carbonyl (C=O) groups is 2. The van der Waals surface area contributed by atoms with E-state index in [1.165, 1.54) is 0 Å². The molecule has 168 valence electrons. The van der Waals surface area contributed by atoms with Crippen molar-refractivity contribution in [1.82, 2.24) is 19.2 Å². The molecule has 0 saturated carbocycles. The van der Waals surface area contributed by atoms with Crippen LogP contribution in [0.25, 0.3) is 16.9 Å². The van der Waals surface area contributed by atoms with Gasteiger partial charge < -0.3 is 18.9 Å². The van der Waals surface area contributed by atoms with Gasteiger partial charge in [0, 0.05) is 43.0 Å². The van der Waals surface area contributed by atoms with Gasteiger partial charge in [-0.15, -0.1) is 0 Å². The third kappa shape index (κ3) is 4.88. The summed E-state index contributed by atoms with van der Waals surface area (Å²) in [6.07, 6.45) is 1.80. The first kappa shape index (κ1) is 22.1. The van der Waals surface area contributed by atoms with Crippen molar-refractivity contribution < 1.29 is 14.3 Å². The van der Waals surface area contributed by atoms with E-state index >= 15 is 0 Å². The molecule has 1 saturated heterocycles. The number of rotatable bonds is 3. The van der Waals surface area contributed by atoms with Gasteiger partial charge in [-0.05, 0) is 45.0 Å². The molecule has 0 bridgehead atoms. The third-order valence-electron chi connectivity index (χ3n) is 5.35. The zero-order valence-electron chi connectivity index (χ0n) is 18.5. The minimum absolute atomic E-state index is 0.00899. The summed E-state index contributed by atoms with van der Waals surface area (Å²) in [5, 5.41) is 0.651. The Bertz CT molecular complexity index is 1130. The number of piperazine rings is 1. The molecule has 0 atom stereocenters. The molecule has 4 rings (SSSR count). The fourth-order valence-electron chi connectivity index (χ4n) is 3.77. The first-order chi connectivity index (χ1) is 15.2. The van der Waals surface area contributed by atoms with Gasteiger partial charge in [0.1, 0.15) is 11.2 Å². The van der Waals surface area contributed by atoms with Crippen LogP contribution in [0.3, 0.4) is 0 Å². The quantitative estimate of drug-likeness (QED) is 0.592. The number of aromatic nitrogens is 2. The summed E-state index contributed by atoms with van der Waals surface area (Å²) < 4.78 is 7.40. The summed E-state index contributed by atoms with van der Waals surface area (Å²) in [6.45, 7) is 7.41. The highest BCUT2D eigenvalue weighted by Crippen LogP contribution is 2.27. The van der Waals surface area contributed by atoms with Crippen LogP contribution in [0.2, 0.25) is 5.02 Å². The van der Waals surface area contributed by atoms with Crippen molar-refractivity contribution in [3.63, 3.8) is 0 Å². The van der Waals surface area contributed by atoms with E-state index in [4.69, 9.17) is 21.3 Å². The van der Waals surface area contributed by atoms with Gasteiger partial charge in [0.15, 0.2) is 0 Å². The SMILES string of the molecule is CC(C)(C)OC(=O)N1CCN(C(=O)Cc2c(-c3ccc(Cl)cc3)nc3ccccn23)CC1. The number of benzene rings is 1. The Morgan fingerprint density at radius 2 is 1.66 bits per heavy atom. The first-order valence-corrected chi connectivity index (χ1v) is 11.1. The van der Waals surface area contributed by atoms with Gasteiger partial charge in [0.2, 0.25) is 5.91 Å². The maximum Gasteiger partial charge on any atom is 0.410 e. The number of ether oxygens (including phenoxy) is 1. The molecule has 1 aliphatic rings. The van der Waals surface area contributed by atoms with Crippen molar-refractivity contribution in [2.45, 2.75) is 32.8 Å². The minimum Gasteiger partial charge on any atom is -0.444 e. The Hall–Kier alpha value is -3.06. The Kier molecular flexibility index (Phi) is 6.11. The van der Waals surface area contributed by atoms with Crippen LogP contribution in [0.1, 0.15) is 26.5 Å². The van der Waals surface area contributed by atoms with Crippen LogP contribution in [-0.4, -0.2) is 63.0 Å². The molecule has 0 spiro atoms. The van der Waals surface area contributed by atoms with Crippen molar-refractivity contribution in [2.75, 3.05) is 26.2 Å². The summed E-state index contributed by atoms with van der Waals surface area (Å²) in [6, 6.07) is 13.2. The van der Waals surface area contributed by atoms with Crippen LogP contribution < -0.4 is 0 Å². The molecule has 0 radical (unpaired) electrons. The summed E-state index contributed by atoms with van der Waals surface area (Å²) >= 11 is 6.05. The van der Waals surface area contributed by atoms with Gasteiger partial charge in [0.05, 0.1) is 17.8 Å². The molecule has 8 heteroatoms. The van der Waals surface area contributed by atoms with E-state index in [0.29, 0.717) is 31.2 Å². The zero-order chi connectivity index (χ0) is 22.9. The van der Waals surface area contributed by atoms with E-state index in [2.05, 4.69) is 0 Å². The smallest absolute Gasteiger partial charge is 0.410 e. The number of pyridine rings is 1. The van der Waals surface area contributed by atoms with Gasteiger partial charge in [0.25, 0.3) is 0 Å². The Morgan fingerprint density at radius 1 is 1.00 bits per heavy atom. The van der Waals surface area contributed by atoms with Crippen LogP contribution in [0, 0.1) is 0 Å². The first-order valence-electron chi connectivity index (χ1n) is 10.7. The second-order valence-electron chi connectivity index (χ2n) is 8.87. The molecule has 1 aromatic carbocycles. The molecule has 3 heterocycles. The van der Waals surface area contributed by atoms with Gasteiger partial charge in [-0.3, -0.25) is 4.79 Å². The number of hydrogen-bond acceptors (Lipinski definition) is 4. The van der Waals surface area contributed by atoms with Gasteiger partial charge in [-0.1, -0.05) is 29.8 Å². The maximum atomic E-state index is 13.2. The van der Waals surface area contributed by atoms with Crippen molar-refractivity contribution in [1.29, 1.82) is 0 Å². The minimum atomic E-state index is -0.537. The van der Waals surface area contributed by atoms with Crippen molar-refractivity contribution in [2.24, 2.45) is 0 Å². The van der Waals surface area contributed by atoms with E-state index in [1.807, 2.05) is 73.8 Å².